The van der Waals surface area contributed by atoms with Crippen molar-refractivity contribution in [2.45, 2.75) is 5.60 Å². The Balaban J connectivity index is 2.25. The molecule has 2 aromatic rings. The highest BCUT2D eigenvalue weighted by Gasteiger charge is 2.51. The zero-order valence-electron chi connectivity index (χ0n) is 10.4. The van der Waals surface area contributed by atoms with E-state index in [9.17, 15) is 9.90 Å². The first kappa shape index (κ1) is 11.9. The van der Waals surface area contributed by atoms with E-state index in [0.717, 1.165) is 5.06 Å². The molecule has 0 spiro atoms. The standard InChI is InChI=1S/C15H13NO3/c1-19-16-13-10-6-5-9-12(13)15(18,14(16)17)11-7-3-2-4-8-11/h2-10,18H,1H3. The zero-order valence-corrected chi connectivity index (χ0v) is 10.4. The number of carbonyl (C=O) groups is 1. The second-order valence-electron chi connectivity index (χ2n) is 4.38. The Bertz CT molecular complexity index is 626. The molecule has 96 valence electrons. The first-order valence-corrected chi connectivity index (χ1v) is 5.95. The summed E-state index contributed by atoms with van der Waals surface area (Å²) in [6.45, 7) is 0. The normalized spacial score (nSPS) is 21.6. The molecule has 4 heteroatoms. The van der Waals surface area contributed by atoms with Crippen LogP contribution in [0.25, 0.3) is 0 Å². The molecule has 1 amide bonds. The van der Waals surface area contributed by atoms with Crippen LogP contribution in [0.3, 0.4) is 0 Å². The van der Waals surface area contributed by atoms with E-state index < -0.39 is 11.5 Å². The Hall–Kier alpha value is -2.17. The van der Waals surface area contributed by atoms with Gasteiger partial charge in [0.2, 0.25) is 0 Å². The highest BCUT2D eigenvalue weighted by atomic mass is 16.7. The van der Waals surface area contributed by atoms with Gasteiger partial charge in [-0.1, -0.05) is 48.5 Å². The van der Waals surface area contributed by atoms with Gasteiger partial charge in [0.15, 0.2) is 5.60 Å². The van der Waals surface area contributed by atoms with E-state index in [-0.39, 0.29) is 0 Å². The van der Waals surface area contributed by atoms with Gasteiger partial charge < -0.3 is 5.11 Å². The van der Waals surface area contributed by atoms with E-state index in [1.807, 2.05) is 6.07 Å². The Labute approximate surface area is 110 Å². The summed E-state index contributed by atoms with van der Waals surface area (Å²) in [6.07, 6.45) is 0. The van der Waals surface area contributed by atoms with Crippen LogP contribution in [0.15, 0.2) is 54.6 Å². The fourth-order valence-electron chi connectivity index (χ4n) is 2.47. The maximum absolute atomic E-state index is 12.5. The van der Waals surface area contributed by atoms with Crippen LogP contribution in [-0.4, -0.2) is 18.1 Å². The number of hydrogen-bond donors (Lipinski definition) is 1. The lowest BCUT2D eigenvalue weighted by atomic mass is 9.88. The van der Waals surface area contributed by atoms with Gasteiger partial charge in [-0.3, -0.25) is 9.63 Å². The van der Waals surface area contributed by atoms with Gasteiger partial charge in [0.1, 0.15) is 0 Å². The lowest BCUT2D eigenvalue weighted by Gasteiger charge is -2.22. The fraction of sp³-hybridized carbons (Fsp3) is 0.133. The Morgan fingerprint density at radius 2 is 1.68 bits per heavy atom. The van der Waals surface area contributed by atoms with Crippen LogP contribution in [0.2, 0.25) is 0 Å². The van der Waals surface area contributed by atoms with E-state index in [4.69, 9.17) is 4.84 Å². The van der Waals surface area contributed by atoms with Crippen molar-refractivity contribution in [2.24, 2.45) is 0 Å². The molecule has 1 aliphatic rings. The van der Waals surface area contributed by atoms with Crippen molar-refractivity contribution in [2.75, 3.05) is 12.2 Å². The maximum Gasteiger partial charge on any atom is 0.292 e. The average molecular weight is 255 g/mol. The first-order chi connectivity index (χ1) is 9.19. The molecule has 0 fully saturated rings. The van der Waals surface area contributed by atoms with Gasteiger partial charge in [0.05, 0.1) is 12.8 Å². The number of rotatable bonds is 2. The van der Waals surface area contributed by atoms with Gasteiger partial charge in [-0.05, 0) is 11.6 Å². The SMILES string of the molecule is CON1C(=O)C(O)(c2ccccc2)c2ccccc21. The van der Waals surface area contributed by atoms with Crippen molar-refractivity contribution in [3.05, 3.63) is 65.7 Å². The molecule has 0 radical (unpaired) electrons. The summed E-state index contributed by atoms with van der Waals surface area (Å²) in [5.74, 6) is -0.498. The largest absolute Gasteiger partial charge is 0.372 e. The van der Waals surface area contributed by atoms with E-state index in [1.165, 1.54) is 7.11 Å². The number of nitrogens with zero attached hydrogens (tertiary/aromatic N) is 1. The number of benzene rings is 2. The highest BCUT2D eigenvalue weighted by Crippen LogP contribution is 2.44. The predicted octanol–water partition coefficient (Wildman–Crippen LogP) is 1.83. The van der Waals surface area contributed by atoms with E-state index in [0.29, 0.717) is 16.8 Å². The van der Waals surface area contributed by atoms with Gasteiger partial charge in [-0.25, -0.2) is 0 Å². The van der Waals surface area contributed by atoms with Crippen molar-refractivity contribution >= 4 is 11.6 Å². The minimum atomic E-state index is -1.69. The summed E-state index contributed by atoms with van der Waals surface area (Å²) in [6, 6.07) is 16.0. The lowest BCUT2D eigenvalue weighted by Crippen LogP contribution is -2.40. The predicted molar refractivity (Wildman–Crippen MR) is 70.4 cm³/mol. The molecule has 1 N–H and O–H groups in total. The summed E-state index contributed by atoms with van der Waals surface area (Å²) < 4.78 is 0. The maximum atomic E-state index is 12.5. The minimum absolute atomic E-state index is 0.498. The molecule has 0 bridgehead atoms. The van der Waals surface area contributed by atoms with Crippen LogP contribution in [0, 0.1) is 0 Å². The van der Waals surface area contributed by atoms with Crippen molar-refractivity contribution < 1.29 is 14.7 Å². The number of carbonyl (C=O) groups excluding carboxylic acids is 1. The molecular weight excluding hydrogens is 242 g/mol. The molecule has 0 saturated carbocycles. The Kier molecular flexibility index (Phi) is 2.62. The van der Waals surface area contributed by atoms with Crippen LogP contribution >= 0.6 is 0 Å². The van der Waals surface area contributed by atoms with Crippen molar-refractivity contribution in [1.29, 1.82) is 0 Å². The summed E-state index contributed by atoms with van der Waals surface area (Å²) >= 11 is 0. The molecule has 1 aliphatic heterocycles. The summed E-state index contributed by atoms with van der Waals surface area (Å²) in [7, 11) is 1.41. The summed E-state index contributed by atoms with van der Waals surface area (Å²) in [5.41, 5.74) is -0.0465. The highest BCUT2D eigenvalue weighted by molar-refractivity contribution is 6.07. The third-order valence-electron chi connectivity index (χ3n) is 3.38. The molecule has 1 unspecified atom stereocenters. The molecule has 0 aliphatic carbocycles. The summed E-state index contributed by atoms with van der Waals surface area (Å²) in [5, 5.41) is 12.0. The average Bonchev–Trinajstić information content (AvgIpc) is 2.70. The van der Waals surface area contributed by atoms with Crippen LogP contribution in [0.5, 0.6) is 0 Å². The minimum Gasteiger partial charge on any atom is -0.372 e. The fourth-order valence-corrected chi connectivity index (χ4v) is 2.47. The number of aliphatic hydroxyl groups is 1. The Morgan fingerprint density at radius 3 is 2.37 bits per heavy atom. The van der Waals surface area contributed by atoms with E-state index in [1.54, 1.807) is 48.5 Å². The molecule has 19 heavy (non-hydrogen) atoms. The monoisotopic (exact) mass is 255 g/mol. The molecule has 1 atom stereocenters. The topological polar surface area (TPSA) is 49.8 Å². The number of hydrogen-bond acceptors (Lipinski definition) is 3. The molecular formula is C15H13NO3. The van der Waals surface area contributed by atoms with Crippen LogP contribution < -0.4 is 5.06 Å². The van der Waals surface area contributed by atoms with Crippen molar-refractivity contribution in [3.8, 4) is 0 Å². The number of anilines is 1. The van der Waals surface area contributed by atoms with Gasteiger partial charge >= 0.3 is 0 Å². The van der Waals surface area contributed by atoms with Gasteiger partial charge in [0, 0.05) is 5.56 Å². The zero-order chi connectivity index (χ0) is 13.5. The number of amides is 1. The van der Waals surface area contributed by atoms with Gasteiger partial charge in [-0.15, -0.1) is 0 Å². The van der Waals surface area contributed by atoms with Gasteiger partial charge in [-0.2, -0.15) is 5.06 Å². The van der Waals surface area contributed by atoms with Crippen LogP contribution in [-0.2, 0) is 15.2 Å². The molecule has 1 heterocycles. The molecule has 4 nitrogen and oxygen atoms in total. The number of para-hydroxylation sites is 1. The number of fused-ring (bicyclic) bond motifs is 1. The molecule has 0 aromatic heterocycles. The molecule has 3 rings (SSSR count). The Morgan fingerprint density at radius 1 is 1.05 bits per heavy atom. The second kappa shape index (κ2) is 4.19. The van der Waals surface area contributed by atoms with Crippen LogP contribution in [0.1, 0.15) is 11.1 Å². The van der Waals surface area contributed by atoms with Crippen molar-refractivity contribution in [1.82, 2.24) is 0 Å². The molecule has 2 aromatic carbocycles. The first-order valence-electron chi connectivity index (χ1n) is 5.95. The quantitative estimate of drug-likeness (QED) is 0.890. The lowest BCUT2D eigenvalue weighted by molar-refractivity contribution is -0.138. The third-order valence-corrected chi connectivity index (χ3v) is 3.38. The smallest absolute Gasteiger partial charge is 0.292 e. The van der Waals surface area contributed by atoms with E-state index in [2.05, 4.69) is 0 Å². The second-order valence-corrected chi connectivity index (χ2v) is 4.38. The van der Waals surface area contributed by atoms with Crippen LogP contribution in [0.4, 0.5) is 5.69 Å². The third kappa shape index (κ3) is 1.51. The number of hydroxylamine groups is 1. The van der Waals surface area contributed by atoms with Crippen molar-refractivity contribution in [3.63, 3.8) is 0 Å². The van der Waals surface area contributed by atoms with E-state index >= 15 is 0 Å². The summed E-state index contributed by atoms with van der Waals surface area (Å²) in [4.78, 5) is 17.6. The van der Waals surface area contributed by atoms with Gasteiger partial charge in [0.25, 0.3) is 5.91 Å². The molecule has 0 saturated heterocycles.